The van der Waals surface area contributed by atoms with Crippen LogP contribution < -0.4 is 4.90 Å². The molecule has 62 heavy (non-hydrogen) atoms. The van der Waals surface area contributed by atoms with Crippen LogP contribution in [-0.4, -0.2) is 6.04 Å². The van der Waals surface area contributed by atoms with Crippen LogP contribution in [0.2, 0.25) is 0 Å². The van der Waals surface area contributed by atoms with E-state index in [2.05, 4.69) is 216 Å². The molecule has 7 aromatic rings. The average molecular weight is 806 g/mol. The number of benzene rings is 7. The molecule has 1 spiro atoms. The van der Waals surface area contributed by atoms with Crippen molar-refractivity contribution in [2.24, 2.45) is 5.92 Å². The molecular formula is C61H59N. The Bertz CT molecular complexity index is 2860. The van der Waals surface area contributed by atoms with Crippen molar-refractivity contribution >= 4 is 11.4 Å². The standard InChI is InChI=1S/C61H59N/c1-57(2)38-60(51-29-18-17-28-50(51)57)39-58(3,4)56-52(60)30-19-31-55(56)62(42-32-34-46-44-24-13-15-26-48(44)59(5,6)53(46)36-42)43-33-35-47-45-25-14-16-27-49(45)61(54(47)37-43,40-20-9-7-10-21-40)41-22-11-8-12-23-41/h7-32,34,36,43,47,54H,33,35,37-39H2,1-6H3/t43?,47-,54?,60?/m1/s1. The monoisotopic (exact) mass is 805 g/mol. The largest absolute Gasteiger partial charge is 0.338 e. The van der Waals surface area contributed by atoms with Crippen LogP contribution in [0.1, 0.15) is 135 Å². The number of hydrogen-bond donors (Lipinski definition) is 0. The number of rotatable bonds is 5. The third kappa shape index (κ3) is 5.03. The summed E-state index contributed by atoms with van der Waals surface area (Å²) in [5, 5.41) is 0. The molecule has 12 rings (SSSR count). The van der Waals surface area contributed by atoms with Gasteiger partial charge in [0.2, 0.25) is 0 Å². The van der Waals surface area contributed by atoms with Crippen molar-refractivity contribution in [2.75, 3.05) is 4.90 Å². The van der Waals surface area contributed by atoms with Gasteiger partial charge >= 0.3 is 0 Å². The molecule has 0 saturated heterocycles. The van der Waals surface area contributed by atoms with Crippen molar-refractivity contribution in [3.05, 3.63) is 225 Å². The van der Waals surface area contributed by atoms with E-state index in [9.17, 15) is 0 Å². The van der Waals surface area contributed by atoms with Gasteiger partial charge in [-0.3, -0.25) is 0 Å². The number of fused-ring (bicyclic) bond motifs is 10. The van der Waals surface area contributed by atoms with E-state index in [0.29, 0.717) is 17.9 Å². The van der Waals surface area contributed by atoms with Gasteiger partial charge in [-0.05, 0) is 140 Å². The SMILES string of the molecule is CC1(C)CC2(CC(C)(C)c3c(N(c4ccc5c(c4)C(C)(C)c4ccccc4-5)C4CC[C@@H]5c6ccccc6C(c6ccccc6)(c6ccccc6)C5C4)cccc32)c2ccccc21. The Morgan fingerprint density at radius 3 is 1.77 bits per heavy atom. The normalized spacial score (nSPS) is 24.7. The van der Waals surface area contributed by atoms with Crippen LogP contribution in [0.25, 0.3) is 11.1 Å². The van der Waals surface area contributed by atoms with Gasteiger partial charge in [-0.1, -0.05) is 193 Å². The first-order chi connectivity index (χ1) is 30.0. The van der Waals surface area contributed by atoms with Crippen LogP contribution in [0.4, 0.5) is 11.4 Å². The molecule has 7 aromatic carbocycles. The summed E-state index contributed by atoms with van der Waals surface area (Å²) >= 11 is 0. The summed E-state index contributed by atoms with van der Waals surface area (Å²) in [6.45, 7) is 14.9. The molecule has 3 unspecified atom stereocenters. The minimum absolute atomic E-state index is 0.0112. The highest BCUT2D eigenvalue weighted by Gasteiger charge is 2.59. The lowest BCUT2D eigenvalue weighted by Crippen LogP contribution is -2.44. The predicted molar refractivity (Wildman–Crippen MR) is 258 cm³/mol. The van der Waals surface area contributed by atoms with Crippen LogP contribution in [0, 0.1) is 5.92 Å². The number of nitrogens with zero attached hydrogens (tertiary/aromatic N) is 1. The van der Waals surface area contributed by atoms with Gasteiger partial charge in [0.15, 0.2) is 0 Å². The van der Waals surface area contributed by atoms with Gasteiger partial charge in [0, 0.05) is 33.7 Å². The molecule has 308 valence electrons. The van der Waals surface area contributed by atoms with Crippen molar-refractivity contribution in [1.82, 2.24) is 0 Å². The van der Waals surface area contributed by atoms with E-state index < -0.39 is 0 Å². The summed E-state index contributed by atoms with van der Waals surface area (Å²) in [6, 6.07) is 66.5. The van der Waals surface area contributed by atoms with E-state index >= 15 is 0 Å². The van der Waals surface area contributed by atoms with Gasteiger partial charge in [-0.15, -0.1) is 0 Å². The summed E-state index contributed by atoms with van der Waals surface area (Å²) in [4.78, 5) is 2.89. The molecule has 1 heteroatoms. The van der Waals surface area contributed by atoms with E-state index in [1.165, 1.54) is 55.9 Å². The fraction of sp³-hybridized carbons (Fsp3) is 0.311. The summed E-state index contributed by atoms with van der Waals surface area (Å²) in [7, 11) is 0. The smallest absolute Gasteiger partial charge is 0.0488 e. The zero-order chi connectivity index (χ0) is 42.2. The average Bonchev–Trinajstić information content (AvgIpc) is 3.89. The second-order valence-corrected chi connectivity index (χ2v) is 21.5. The minimum atomic E-state index is -0.253. The lowest BCUT2D eigenvalue weighted by molar-refractivity contribution is 0.238. The van der Waals surface area contributed by atoms with Gasteiger partial charge < -0.3 is 4.90 Å². The van der Waals surface area contributed by atoms with E-state index in [4.69, 9.17) is 0 Å². The van der Waals surface area contributed by atoms with Crippen molar-refractivity contribution < 1.29 is 0 Å². The van der Waals surface area contributed by atoms with Crippen LogP contribution in [0.5, 0.6) is 0 Å². The van der Waals surface area contributed by atoms with E-state index in [1.54, 1.807) is 22.3 Å². The summed E-state index contributed by atoms with van der Waals surface area (Å²) in [5.41, 5.74) is 20.2. The lowest BCUT2D eigenvalue weighted by Gasteiger charge is -2.47. The zero-order valence-corrected chi connectivity index (χ0v) is 37.4. The maximum atomic E-state index is 2.89. The first-order valence-corrected chi connectivity index (χ1v) is 23.4. The molecule has 0 bridgehead atoms. The molecule has 0 amide bonds. The highest BCUT2D eigenvalue weighted by atomic mass is 15.2. The summed E-state index contributed by atoms with van der Waals surface area (Å²) in [6.07, 6.45) is 5.67. The Kier molecular flexibility index (Phi) is 8.09. The van der Waals surface area contributed by atoms with Crippen LogP contribution in [-0.2, 0) is 27.1 Å². The van der Waals surface area contributed by atoms with Crippen LogP contribution in [0.15, 0.2) is 170 Å². The molecule has 0 aromatic heterocycles. The van der Waals surface area contributed by atoms with Crippen molar-refractivity contribution in [1.29, 1.82) is 0 Å². The van der Waals surface area contributed by atoms with E-state index in [0.717, 1.165) is 32.1 Å². The Morgan fingerprint density at radius 1 is 0.468 bits per heavy atom. The molecule has 1 nitrogen and oxygen atoms in total. The quantitative estimate of drug-likeness (QED) is 0.167. The van der Waals surface area contributed by atoms with Crippen LogP contribution >= 0.6 is 0 Å². The van der Waals surface area contributed by atoms with Gasteiger partial charge in [0.25, 0.3) is 0 Å². The maximum absolute atomic E-state index is 2.89. The van der Waals surface area contributed by atoms with Gasteiger partial charge in [-0.25, -0.2) is 0 Å². The summed E-state index contributed by atoms with van der Waals surface area (Å²) < 4.78 is 0. The Morgan fingerprint density at radius 2 is 1.05 bits per heavy atom. The van der Waals surface area contributed by atoms with Crippen LogP contribution in [0.3, 0.4) is 0 Å². The van der Waals surface area contributed by atoms with Gasteiger partial charge in [0.05, 0.1) is 0 Å². The van der Waals surface area contributed by atoms with Gasteiger partial charge in [0.1, 0.15) is 0 Å². The predicted octanol–water partition coefficient (Wildman–Crippen LogP) is 15.1. The highest BCUT2D eigenvalue weighted by Crippen LogP contribution is 2.66. The van der Waals surface area contributed by atoms with Crippen molar-refractivity contribution in [3.63, 3.8) is 0 Å². The minimum Gasteiger partial charge on any atom is -0.338 e. The number of anilines is 2. The number of hydrogen-bond acceptors (Lipinski definition) is 1. The third-order valence-corrected chi connectivity index (χ3v) is 17.0. The van der Waals surface area contributed by atoms with E-state index in [-0.39, 0.29) is 27.1 Å². The molecule has 1 fully saturated rings. The van der Waals surface area contributed by atoms with E-state index in [1.807, 2.05) is 0 Å². The second-order valence-electron chi connectivity index (χ2n) is 21.5. The fourth-order valence-electron chi connectivity index (χ4n) is 14.9. The molecule has 0 N–H and O–H groups in total. The van der Waals surface area contributed by atoms with Gasteiger partial charge in [-0.2, -0.15) is 0 Å². The van der Waals surface area contributed by atoms with Crippen molar-refractivity contribution in [3.8, 4) is 11.1 Å². The summed E-state index contributed by atoms with van der Waals surface area (Å²) in [5.74, 6) is 0.872. The van der Waals surface area contributed by atoms with Crippen molar-refractivity contribution in [2.45, 2.75) is 113 Å². The Hall–Kier alpha value is -5.66. The first kappa shape index (κ1) is 38.0. The third-order valence-electron chi connectivity index (χ3n) is 17.0. The molecule has 1 saturated carbocycles. The topological polar surface area (TPSA) is 3.24 Å². The maximum Gasteiger partial charge on any atom is 0.0488 e. The molecule has 0 aliphatic heterocycles. The molecule has 4 atom stereocenters. The molecule has 5 aliphatic carbocycles. The Balaban J connectivity index is 1.08. The zero-order valence-electron chi connectivity index (χ0n) is 37.4. The molecule has 0 radical (unpaired) electrons. The second kappa shape index (κ2) is 13.2. The lowest BCUT2D eigenvalue weighted by atomic mass is 9.60. The highest BCUT2D eigenvalue weighted by molar-refractivity contribution is 5.84. The molecule has 0 heterocycles. The molecule has 5 aliphatic rings. The fourth-order valence-corrected chi connectivity index (χ4v) is 14.9. The molecular weight excluding hydrogens is 747 g/mol. The first-order valence-electron chi connectivity index (χ1n) is 23.4. The Labute approximate surface area is 369 Å².